The van der Waals surface area contributed by atoms with E-state index in [-0.39, 0.29) is 11.4 Å². The Morgan fingerprint density at radius 2 is 2.11 bits per heavy atom. The zero-order valence-electron chi connectivity index (χ0n) is 9.92. The number of hydrogen-bond donors (Lipinski definition) is 2. The number of benzene rings is 1. The van der Waals surface area contributed by atoms with E-state index in [4.69, 9.17) is 5.14 Å². The van der Waals surface area contributed by atoms with Gasteiger partial charge in [0.05, 0.1) is 10.6 Å². The molecule has 18 heavy (non-hydrogen) atoms. The molecule has 0 fully saturated rings. The van der Waals surface area contributed by atoms with E-state index in [0.29, 0.717) is 12.0 Å². The number of nitrogens with zero attached hydrogens (tertiary/aromatic N) is 1. The standard InChI is InChI=1S/C10H15N3O4S/c1-2-3-4-8-7-9(13(14)15)5-6-10(8)12-18(11,16)17/h5-7,12H,2-4H2,1H3,(H2,11,16,17). The van der Waals surface area contributed by atoms with Crippen molar-refractivity contribution in [3.8, 4) is 0 Å². The molecule has 0 unspecified atom stereocenters. The van der Waals surface area contributed by atoms with Crippen LogP contribution in [-0.4, -0.2) is 13.3 Å². The highest BCUT2D eigenvalue weighted by Crippen LogP contribution is 2.24. The molecule has 0 radical (unpaired) electrons. The molecule has 100 valence electrons. The van der Waals surface area contributed by atoms with E-state index in [0.717, 1.165) is 12.8 Å². The molecule has 0 atom stereocenters. The van der Waals surface area contributed by atoms with Crippen molar-refractivity contribution in [2.45, 2.75) is 26.2 Å². The van der Waals surface area contributed by atoms with E-state index in [2.05, 4.69) is 4.72 Å². The number of unbranched alkanes of at least 4 members (excludes halogenated alkanes) is 1. The molecule has 0 aliphatic heterocycles. The summed E-state index contributed by atoms with van der Waals surface area (Å²) in [5.41, 5.74) is 0.790. The number of nitro groups is 1. The molecule has 1 aromatic rings. The summed E-state index contributed by atoms with van der Waals surface area (Å²) in [7, 11) is -3.88. The van der Waals surface area contributed by atoms with Crippen LogP contribution >= 0.6 is 0 Å². The minimum absolute atomic E-state index is 0.0685. The molecule has 7 nitrogen and oxygen atoms in total. The number of nitro benzene ring substituents is 1. The van der Waals surface area contributed by atoms with Crippen LogP contribution in [0.5, 0.6) is 0 Å². The van der Waals surface area contributed by atoms with Crippen LogP contribution in [-0.2, 0) is 16.6 Å². The van der Waals surface area contributed by atoms with Crippen LogP contribution in [0.1, 0.15) is 25.3 Å². The zero-order chi connectivity index (χ0) is 13.8. The second-order valence-corrected chi connectivity index (χ2v) is 5.14. The quantitative estimate of drug-likeness (QED) is 0.604. The molecule has 0 aliphatic rings. The molecule has 0 aromatic heterocycles. The summed E-state index contributed by atoms with van der Waals surface area (Å²) in [6, 6.07) is 3.96. The Bertz CT molecular complexity index is 542. The summed E-state index contributed by atoms with van der Waals surface area (Å²) in [4.78, 5) is 10.1. The Hall–Kier alpha value is -1.67. The highest BCUT2D eigenvalue weighted by atomic mass is 32.2. The minimum atomic E-state index is -3.88. The third-order valence-corrected chi connectivity index (χ3v) is 2.86. The van der Waals surface area contributed by atoms with Gasteiger partial charge in [-0.2, -0.15) is 8.42 Å². The molecule has 1 aromatic carbocycles. The van der Waals surface area contributed by atoms with Crippen LogP contribution in [0.25, 0.3) is 0 Å². The Morgan fingerprint density at radius 3 is 2.61 bits per heavy atom. The molecule has 0 saturated carbocycles. The molecule has 0 amide bonds. The minimum Gasteiger partial charge on any atom is -0.271 e. The normalized spacial score (nSPS) is 11.2. The lowest BCUT2D eigenvalue weighted by Crippen LogP contribution is -2.22. The number of anilines is 1. The van der Waals surface area contributed by atoms with Gasteiger partial charge < -0.3 is 0 Å². The van der Waals surface area contributed by atoms with Crippen LogP contribution in [0.3, 0.4) is 0 Å². The van der Waals surface area contributed by atoms with E-state index in [1.807, 2.05) is 6.92 Å². The van der Waals surface area contributed by atoms with Crippen LogP contribution in [0.4, 0.5) is 11.4 Å². The monoisotopic (exact) mass is 273 g/mol. The highest BCUT2D eigenvalue weighted by Gasteiger charge is 2.13. The van der Waals surface area contributed by atoms with E-state index in [1.54, 1.807) is 0 Å². The van der Waals surface area contributed by atoms with Crippen molar-refractivity contribution in [1.82, 2.24) is 0 Å². The lowest BCUT2D eigenvalue weighted by atomic mass is 10.1. The lowest BCUT2D eigenvalue weighted by molar-refractivity contribution is -0.384. The number of aryl methyl sites for hydroxylation is 1. The van der Waals surface area contributed by atoms with Crippen LogP contribution in [0, 0.1) is 10.1 Å². The van der Waals surface area contributed by atoms with Crippen molar-refractivity contribution in [1.29, 1.82) is 0 Å². The Labute approximate surface area is 105 Å². The first-order valence-electron chi connectivity index (χ1n) is 5.41. The van der Waals surface area contributed by atoms with Crippen molar-refractivity contribution in [3.63, 3.8) is 0 Å². The van der Waals surface area contributed by atoms with E-state index >= 15 is 0 Å². The highest BCUT2D eigenvalue weighted by molar-refractivity contribution is 7.90. The predicted molar refractivity (Wildman–Crippen MR) is 68.4 cm³/mol. The Kier molecular flexibility index (Phi) is 4.62. The largest absolute Gasteiger partial charge is 0.296 e. The third-order valence-electron chi connectivity index (χ3n) is 2.35. The topological polar surface area (TPSA) is 115 Å². The summed E-state index contributed by atoms with van der Waals surface area (Å²) in [5.74, 6) is 0. The molecule has 3 N–H and O–H groups in total. The van der Waals surface area contributed by atoms with Gasteiger partial charge in [-0.15, -0.1) is 0 Å². The number of nitrogens with one attached hydrogen (secondary N) is 1. The molecule has 0 aliphatic carbocycles. The summed E-state index contributed by atoms with van der Waals surface area (Å²) >= 11 is 0. The maximum atomic E-state index is 11.0. The first kappa shape index (κ1) is 14.4. The van der Waals surface area contributed by atoms with Gasteiger partial charge in [-0.3, -0.25) is 14.8 Å². The van der Waals surface area contributed by atoms with Crippen molar-refractivity contribution in [3.05, 3.63) is 33.9 Å². The van der Waals surface area contributed by atoms with Crippen molar-refractivity contribution in [2.24, 2.45) is 5.14 Å². The maximum absolute atomic E-state index is 11.0. The SMILES string of the molecule is CCCCc1cc([N+](=O)[O-])ccc1NS(N)(=O)=O. The van der Waals surface area contributed by atoms with Gasteiger partial charge in [-0.1, -0.05) is 13.3 Å². The molecular formula is C10H15N3O4S. The number of nitrogens with two attached hydrogens (primary N) is 1. The maximum Gasteiger partial charge on any atom is 0.296 e. The van der Waals surface area contributed by atoms with Gasteiger partial charge in [0.15, 0.2) is 0 Å². The van der Waals surface area contributed by atoms with Crippen LogP contribution in [0.15, 0.2) is 18.2 Å². The van der Waals surface area contributed by atoms with E-state index in [9.17, 15) is 18.5 Å². The third kappa shape index (κ3) is 4.30. The molecule has 0 bridgehead atoms. The number of rotatable bonds is 6. The van der Waals surface area contributed by atoms with Crippen molar-refractivity contribution < 1.29 is 13.3 Å². The molecule has 1 rings (SSSR count). The first-order chi connectivity index (χ1) is 8.33. The fourth-order valence-electron chi connectivity index (χ4n) is 1.52. The van der Waals surface area contributed by atoms with Gasteiger partial charge in [0.1, 0.15) is 0 Å². The second kappa shape index (κ2) is 5.78. The Balaban J connectivity index is 3.11. The zero-order valence-corrected chi connectivity index (χ0v) is 10.7. The van der Waals surface area contributed by atoms with Gasteiger partial charge in [0, 0.05) is 12.1 Å². The van der Waals surface area contributed by atoms with Gasteiger partial charge >= 0.3 is 0 Å². The fourth-order valence-corrected chi connectivity index (χ4v) is 2.03. The van der Waals surface area contributed by atoms with Crippen LogP contribution in [0.2, 0.25) is 0 Å². The van der Waals surface area contributed by atoms with Crippen molar-refractivity contribution >= 4 is 21.6 Å². The van der Waals surface area contributed by atoms with Gasteiger partial charge in [-0.25, -0.2) is 5.14 Å². The van der Waals surface area contributed by atoms with Gasteiger partial charge in [-0.05, 0) is 24.5 Å². The lowest BCUT2D eigenvalue weighted by Gasteiger charge is -2.09. The van der Waals surface area contributed by atoms with Crippen molar-refractivity contribution in [2.75, 3.05) is 4.72 Å². The summed E-state index contributed by atoms with van der Waals surface area (Å²) in [6.45, 7) is 1.98. The predicted octanol–water partition coefficient (Wildman–Crippen LogP) is 1.55. The second-order valence-electron chi connectivity index (χ2n) is 3.85. The summed E-state index contributed by atoms with van der Waals surface area (Å²) in [5, 5.41) is 15.6. The first-order valence-corrected chi connectivity index (χ1v) is 6.96. The average Bonchev–Trinajstić information content (AvgIpc) is 2.25. The van der Waals surface area contributed by atoms with Gasteiger partial charge in [0.25, 0.3) is 15.9 Å². The fraction of sp³-hybridized carbons (Fsp3) is 0.400. The molecule has 0 heterocycles. The van der Waals surface area contributed by atoms with E-state index < -0.39 is 15.1 Å². The smallest absolute Gasteiger partial charge is 0.271 e. The number of non-ortho nitro benzene ring substituents is 1. The Morgan fingerprint density at radius 1 is 1.44 bits per heavy atom. The average molecular weight is 273 g/mol. The number of hydrogen-bond acceptors (Lipinski definition) is 4. The van der Waals surface area contributed by atoms with Gasteiger partial charge in [0.2, 0.25) is 0 Å². The summed E-state index contributed by atoms with van der Waals surface area (Å²) < 4.78 is 24.1. The molecule has 0 spiro atoms. The summed E-state index contributed by atoms with van der Waals surface area (Å²) in [6.07, 6.45) is 2.26. The molecule has 8 heteroatoms. The van der Waals surface area contributed by atoms with Crippen LogP contribution < -0.4 is 9.86 Å². The molecule has 0 saturated heterocycles. The van der Waals surface area contributed by atoms with E-state index in [1.165, 1.54) is 18.2 Å². The molecular weight excluding hydrogens is 258 g/mol.